The molecule has 0 N–H and O–H groups in total. The molecule has 1 nitrogen and oxygen atoms in total. The zero-order valence-electron chi connectivity index (χ0n) is 9.71. The molecule has 1 heterocycles. The maximum atomic E-state index is 6.29. The number of rotatable bonds is 1. The van der Waals surface area contributed by atoms with Gasteiger partial charge in [-0.25, -0.2) is 0 Å². The minimum absolute atomic E-state index is 0.415. The van der Waals surface area contributed by atoms with Crippen molar-refractivity contribution in [2.24, 2.45) is 0 Å². The molecule has 16 heavy (non-hydrogen) atoms. The van der Waals surface area contributed by atoms with Gasteiger partial charge in [0, 0.05) is 0 Å². The van der Waals surface area contributed by atoms with Crippen LogP contribution in [-0.2, 0) is 0 Å². The summed E-state index contributed by atoms with van der Waals surface area (Å²) >= 11 is 5.62. The van der Waals surface area contributed by atoms with E-state index >= 15 is 0 Å². The molecule has 0 atom stereocenters. The van der Waals surface area contributed by atoms with Crippen molar-refractivity contribution in [2.75, 3.05) is 0 Å². The third-order valence-corrected chi connectivity index (χ3v) is 6.55. The number of hydrogen-bond donors (Lipinski definition) is 0. The number of aromatic nitrogens is 1. The maximum absolute atomic E-state index is 6.29. The minimum atomic E-state index is -0.666. The van der Waals surface area contributed by atoms with Gasteiger partial charge in [-0.1, -0.05) is 0 Å². The summed E-state index contributed by atoms with van der Waals surface area (Å²) in [6.45, 7) is 6.90. The first-order valence-electron chi connectivity index (χ1n) is 5.28. The van der Waals surface area contributed by atoms with Gasteiger partial charge >= 0.3 is 112 Å². The number of nitrogens with zero attached hydrogens (tertiary/aromatic N) is 1. The van der Waals surface area contributed by atoms with Gasteiger partial charge in [0.2, 0.25) is 0 Å². The Balaban J connectivity index is 2.61. The van der Waals surface area contributed by atoms with Gasteiger partial charge in [-0.15, -0.1) is 0 Å². The summed E-state index contributed by atoms with van der Waals surface area (Å²) in [7, 11) is 0. The predicted molar refractivity (Wildman–Crippen MR) is 71.9 cm³/mol. The van der Waals surface area contributed by atoms with Crippen LogP contribution < -0.4 is 3.58 Å². The molecule has 2 radical (unpaired) electrons. The fourth-order valence-corrected chi connectivity index (χ4v) is 6.05. The average Bonchev–Trinajstić information content (AvgIpc) is 2.15. The van der Waals surface area contributed by atoms with E-state index in [1.807, 2.05) is 24.5 Å². The van der Waals surface area contributed by atoms with Crippen LogP contribution in [0.15, 0.2) is 30.6 Å². The Morgan fingerprint density at radius 3 is 2.62 bits per heavy atom. The van der Waals surface area contributed by atoms with Crippen LogP contribution in [0.2, 0.25) is 8.45 Å². The van der Waals surface area contributed by atoms with E-state index in [2.05, 4.69) is 31.8 Å². The molecule has 0 saturated heterocycles. The summed E-state index contributed by atoms with van der Waals surface area (Å²) in [6, 6.07) is 6.04. The standard InChI is InChI=1S/C9H5ClN.C4H9.Sn/c10-9-3-1-2-7-6-11-5-4-8(7)9;1-4(2)3;/h1-3,5-6H;1-3H3;. The van der Waals surface area contributed by atoms with Crippen molar-refractivity contribution in [3.8, 4) is 0 Å². The molecule has 2 rings (SSSR count). The van der Waals surface area contributed by atoms with E-state index < -0.39 is 21.1 Å². The second-order valence-electron chi connectivity index (χ2n) is 4.90. The van der Waals surface area contributed by atoms with Gasteiger partial charge < -0.3 is 0 Å². The molecule has 0 unspecified atom stereocenters. The first-order chi connectivity index (χ1) is 7.47. The van der Waals surface area contributed by atoms with Crippen molar-refractivity contribution in [1.82, 2.24) is 4.98 Å². The van der Waals surface area contributed by atoms with Gasteiger partial charge in [-0.3, -0.25) is 0 Å². The van der Waals surface area contributed by atoms with Gasteiger partial charge in [0.1, 0.15) is 0 Å². The molecular weight excluding hydrogens is 324 g/mol. The van der Waals surface area contributed by atoms with E-state index in [0.717, 1.165) is 10.4 Å². The van der Waals surface area contributed by atoms with Crippen LogP contribution in [0.5, 0.6) is 0 Å². The zero-order chi connectivity index (χ0) is 11.8. The van der Waals surface area contributed by atoms with Gasteiger partial charge in [0.15, 0.2) is 0 Å². The normalized spacial score (nSPS) is 12.0. The molecule has 3 heteroatoms. The van der Waals surface area contributed by atoms with Crippen LogP contribution in [0, 0.1) is 0 Å². The number of halogens is 1. The van der Waals surface area contributed by atoms with Crippen LogP contribution in [0.3, 0.4) is 0 Å². The summed E-state index contributed by atoms with van der Waals surface area (Å²) in [5.41, 5.74) is 0. The second kappa shape index (κ2) is 4.53. The van der Waals surface area contributed by atoms with E-state index in [4.69, 9.17) is 11.6 Å². The first-order valence-corrected chi connectivity index (χ1v) is 8.51. The molecule has 0 aliphatic carbocycles. The van der Waals surface area contributed by atoms with Gasteiger partial charge in [-0.2, -0.15) is 0 Å². The number of pyridine rings is 1. The van der Waals surface area contributed by atoms with E-state index in [1.165, 1.54) is 8.97 Å². The summed E-state index contributed by atoms with van der Waals surface area (Å²) in [5, 5.41) is 3.25. The van der Waals surface area contributed by atoms with E-state index in [9.17, 15) is 0 Å². The number of benzene rings is 1. The Kier molecular flexibility index (Phi) is 3.45. The molecule has 0 bridgehead atoms. The fraction of sp³-hybridized carbons (Fsp3) is 0.308. The summed E-state index contributed by atoms with van der Waals surface area (Å²) in [6.07, 6.45) is 3.90. The quantitative estimate of drug-likeness (QED) is 0.726. The number of fused-ring (bicyclic) bond motifs is 1. The Morgan fingerprint density at radius 2 is 1.94 bits per heavy atom. The van der Waals surface area contributed by atoms with Crippen LogP contribution in [0.1, 0.15) is 20.8 Å². The third kappa shape index (κ3) is 2.69. The van der Waals surface area contributed by atoms with Gasteiger partial charge in [0.05, 0.1) is 0 Å². The molecule has 82 valence electrons. The van der Waals surface area contributed by atoms with Crippen molar-refractivity contribution >= 4 is 47.1 Å². The number of hydrogen-bond acceptors (Lipinski definition) is 1. The monoisotopic (exact) mass is 339 g/mol. The topological polar surface area (TPSA) is 12.9 Å². The Morgan fingerprint density at radius 1 is 1.19 bits per heavy atom. The Hall–Kier alpha value is -0.281. The third-order valence-electron chi connectivity index (χ3n) is 2.24. The fourth-order valence-electron chi connectivity index (χ4n) is 1.69. The summed E-state index contributed by atoms with van der Waals surface area (Å²) in [4.78, 5) is 4.32. The van der Waals surface area contributed by atoms with Crippen molar-refractivity contribution in [2.45, 2.75) is 24.2 Å². The first kappa shape index (κ1) is 12.2. The van der Waals surface area contributed by atoms with Crippen molar-refractivity contribution in [3.05, 3.63) is 35.6 Å². The molecule has 0 saturated carbocycles. The molecule has 0 amide bonds. The molecular formula is C13H14ClNSn. The van der Waals surface area contributed by atoms with Crippen LogP contribution in [-0.4, -0.2) is 26.1 Å². The molecule has 0 aliphatic rings. The van der Waals surface area contributed by atoms with Gasteiger partial charge in [-0.05, 0) is 0 Å². The van der Waals surface area contributed by atoms with E-state index in [0.29, 0.717) is 3.43 Å². The molecule has 1 aromatic carbocycles. The Labute approximate surface area is 111 Å². The van der Waals surface area contributed by atoms with Crippen molar-refractivity contribution in [1.29, 1.82) is 0 Å². The SMILES string of the molecule is C[C](C)(C)[Sn][c]1cncc2cccc(Cl)c12. The van der Waals surface area contributed by atoms with Gasteiger partial charge in [0.25, 0.3) is 0 Å². The van der Waals surface area contributed by atoms with Crippen LogP contribution in [0.25, 0.3) is 10.8 Å². The molecule has 0 fully saturated rings. The average molecular weight is 338 g/mol. The summed E-state index contributed by atoms with van der Waals surface area (Å²) in [5.74, 6) is 0. The zero-order valence-corrected chi connectivity index (χ0v) is 13.3. The van der Waals surface area contributed by atoms with Crippen molar-refractivity contribution < 1.29 is 0 Å². The predicted octanol–water partition coefficient (Wildman–Crippen LogP) is 3.44. The molecule has 0 spiro atoms. The van der Waals surface area contributed by atoms with E-state index in [1.54, 1.807) is 0 Å². The molecule has 2 aromatic rings. The van der Waals surface area contributed by atoms with E-state index in [-0.39, 0.29) is 0 Å². The molecule has 1 aromatic heterocycles. The summed E-state index contributed by atoms with van der Waals surface area (Å²) < 4.78 is 1.82. The Bertz CT molecular complexity index is 512. The van der Waals surface area contributed by atoms with Crippen molar-refractivity contribution in [3.63, 3.8) is 0 Å². The van der Waals surface area contributed by atoms with Crippen LogP contribution >= 0.6 is 11.6 Å². The van der Waals surface area contributed by atoms with Crippen LogP contribution in [0.4, 0.5) is 0 Å². The second-order valence-corrected chi connectivity index (χ2v) is 11.8. The molecule has 0 aliphatic heterocycles.